The summed E-state index contributed by atoms with van der Waals surface area (Å²) in [7, 11) is 1.60. The summed E-state index contributed by atoms with van der Waals surface area (Å²) in [5.74, 6) is -1.84. The highest BCUT2D eigenvalue weighted by Crippen LogP contribution is 2.22. The van der Waals surface area contributed by atoms with Gasteiger partial charge >= 0.3 is 5.97 Å². The van der Waals surface area contributed by atoms with Gasteiger partial charge in [0, 0.05) is 37.2 Å². The summed E-state index contributed by atoms with van der Waals surface area (Å²) in [6.07, 6.45) is 1.25. The van der Waals surface area contributed by atoms with Crippen LogP contribution in [0.1, 0.15) is 34.6 Å². The zero-order valence-electron chi connectivity index (χ0n) is 17.1. The second-order valence-electron chi connectivity index (χ2n) is 7.63. The van der Waals surface area contributed by atoms with Crippen molar-refractivity contribution in [2.75, 3.05) is 26.7 Å². The monoisotopic (exact) mass is 397 g/mol. The van der Waals surface area contributed by atoms with Gasteiger partial charge < -0.3 is 19.5 Å². The number of aryl methyl sites for hydroxylation is 1. The molecular weight excluding hydrogens is 370 g/mol. The second kappa shape index (κ2) is 8.51. The molecule has 1 aromatic carbocycles. The summed E-state index contributed by atoms with van der Waals surface area (Å²) < 4.78 is 2.02. The molecule has 154 valence electrons. The van der Waals surface area contributed by atoms with Crippen LogP contribution in [0.3, 0.4) is 0 Å². The molecule has 0 aliphatic carbocycles. The molecule has 2 aromatic rings. The van der Waals surface area contributed by atoms with E-state index in [1.54, 1.807) is 11.9 Å². The number of para-hydroxylation sites is 1. The Kier molecular flexibility index (Phi) is 6.06. The van der Waals surface area contributed by atoms with Gasteiger partial charge in [-0.1, -0.05) is 18.2 Å². The minimum atomic E-state index is -0.875. The lowest BCUT2D eigenvalue weighted by atomic mass is 9.98. The molecule has 1 N–H and O–H groups in total. The Balaban J connectivity index is 1.72. The van der Waals surface area contributed by atoms with Crippen molar-refractivity contribution in [2.45, 2.75) is 26.7 Å². The van der Waals surface area contributed by atoms with Crippen LogP contribution >= 0.6 is 0 Å². The van der Waals surface area contributed by atoms with E-state index in [1.165, 1.54) is 4.90 Å². The van der Waals surface area contributed by atoms with Gasteiger partial charge in [0.25, 0.3) is 5.91 Å². The summed E-state index contributed by atoms with van der Waals surface area (Å²) >= 11 is 0. The van der Waals surface area contributed by atoms with E-state index in [1.807, 2.05) is 54.8 Å². The molecule has 2 heterocycles. The molecule has 3 rings (SSSR count). The number of likely N-dealkylation sites (N-methyl/N-ethyl adjacent to an activating group) is 1. The van der Waals surface area contributed by atoms with Crippen LogP contribution in [0.15, 0.2) is 36.4 Å². The molecule has 0 bridgehead atoms. The minimum Gasteiger partial charge on any atom is -0.481 e. The zero-order chi connectivity index (χ0) is 21.1. The SMILES string of the molecule is Cc1cc(C(=O)N(C)CC(=O)N2CCCC(C(=O)O)C2)c(C)n1-c1ccccc1. The first kappa shape index (κ1) is 20.6. The number of carboxylic acids is 1. The van der Waals surface area contributed by atoms with Gasteiger partial charge in [0.15, 0.2) is 0 Å². The van der Waals surface area contributed by atoms with Crippen molar-refractivity contribution < 1.29 is 19.5 Å². The highest BCUT2D eigenvalue weighted by atomic mass is 16.4. The molecular formula is C22H27N3O4. The first-order chi connectivity index (χ1) is 13.8. The molecule has 1 aliphatic rings. The van der Waals surface area contributed by atoms with Crippen LogP contribution in [0.25, 0.3) is 5.69 Å². The van der Waals surface area contributed by atoms with Crippen molar-refractivity contribution in [1.29, 1.82) is 0 Å². The number of aromatic nitrogens is 1. The molecule has 7 nitrogen and oxygen atoms in total. The second-order valence-corrected chi connectivity index (χ2v) is 7.63. The van der Waals surface area contributed by atoms with Crippen LogP contribution in [0.5, 0.6) is 0 Å². The molecule has 0 spiro atoms. The highest BCUT2D eigenvalue weighted by molar-refractivity contribution is 5.97. The Morgan fingerprint density at radius 1 is 1.17 bits per heavy atom. The fraction of sp³-hybridized carbons (Fsp3) is 0.409. The van der Waals surface area contributed by atoms with E-state index in [2.05, 4.69) is 0 Å². The van der Waals surface area contributed by atoms with E-state index in [0.29, 0.717) is 24.9 Å². The number of rotatable bonds is 5. The number of hydrogen-bond acceptors (Lipinski definition) is 3. The largest absolute Gasteiger partial charge is 0.481 e. The van der Waals surface area contributed by atoms with Crippen molar-refractivity contribution in [3.05, 3.63) is 53.3 Å². The molecule has 29 heavy (non-hydrogen) atoms. The number of amides is 2. The maximum absolute atomic E-state index is 13.0. The molecule has 0 saturated carbocycles. The highest BCUT2D eigenvalue weighted by Gasteiger charge is 2.29. The number of aliphatic carboxylic acids is 1. The molecule has 1 aliphatic heterocycles. The molecule has 1 unspecified atom stereocenters. The average molecular weight is 397 g/mol. The third-order valence-electron chi connectivity index (χ3n) is 5.52. The predicted molar refractivity (Wildman–Crippen MR) is 109 cm³/mol. The van der Waals surface area contributed by atoms with Crippen LogP contribution in [0, 0.1) is 19.8 Å². The lowest BCUT2D eigenvalue weighted by Crippen LogP contribution is -2.46. The Hall–Kier alpha value is -3.09. The number of benzene rings is 1. The van der Waals surface area contributed by atoms with Gasteiger partial charge in [-0.15, -0.1) is 0 Å². The number of piperidine rings is 1. The molecule has 1 aromatic heterocycles. The molecule has 1 atom stereocenters. The van der Waals surface area contributed by atoms with Gasteiger partial charge in [-0.2, -0.15) is 0 Å². The van der Waals surface area contributed by atoms with E-state index >= 15 is 0 Å². The van der Waals surface area contributed by atoms with E-state index in [9.17, 15) is 19.5 Å². The quantitative estimate of drug-likeness (QED) is 0.840. The Labute approximate surface area is 170 Å². The number of hydrogen-bond donors (Lipinski definition) is 1. The van der Waals surface area contributed by atoms with Gasteiger partial charge in [-0.05, 0) is 44.9 Å². The molecule has 0 radical (unpaired) electrons. The number of carbonyl (C=O) groups is 3. The lowest BCUT2D eigenvalue weighted by Gasteiger charge is -2.32. The summed E-state index contributed by atoms with van der Waals surface area (Å²) in [6, 6.07) is 11.6. The average Bonchev–Trinajstić information content (AvgIpc) is 3.02. The van der Waals surface area contributed by atoms with Crippen LogP contribution in [0.2, 0.25) is 0 Å². The fourth-order valence-corrected chi connectivity index (χ4v) is 3.94. The van der Waals surface area contributed by atoms with Crippen molar-refractivity contribution in [1.82, 2.24) is 14.4 Å². The van der Waals surface area contributed by atoms with Gasteiger partial charge in [0.1, 0.15) is 0 Å². The van der Waals surface area contributed by atoms with Crippen molar-refractivity contribution >= 4 is 17.8 Å². The summed E-state index contributed by atoms with van der Waals surface area (Å²) in [6.45, 7) is 4.51. The number of likely N-dealkylation sites (tertiary alicyclic amines) is 1. The normalized spacial score (nSPS) is 16.5. The number of nitrogens with zero attached hydrogens (tertiary/aromatic N) is 3. The fourth-order valence-electron chi connectivity index (χ4n) is 3.94. The smallest absolute Gasteiger partial charge is 0.308 e. The maximum atomic E-state index is 13.0. The van der Waals surface area contributed by atoms with Gasteiger partial charge in [0.2, 0.25) is 5.91 Å². The van der Waals surface area contributed by atoms with E-state index in [4.69, 9.17) is 0 Å². The molecule has 1 saturated heterocycles. The van der Waals surface area contributed by atoms with Crippen LogP contribution in [-0.4, -0.2) is 63.9 Å². The Morgan fingerprint density at radius 2 is 1.86 bits per heavy atom. The molecule has 7 heteroatoms. The first-order valence-electron chi connectivity index (χ1n) is 9.80. The predicted octanol–water partition coefficient (Wildman–Crippen LogP) is 2.49. The van der Waals surface area contributed by atoms with E-state index < -0.39 is 11.9 Å². The number of carbonyl (C=O) groups excluding carboxylic acids is 2. The van der Waals surface area contributed by atoms with Gasteiger partial charge in [0.05, 0.1) is 18.0 Å². The van der Waals surface area contributed by atoms with E-state index in [0.717, 1.165) is 17.1 Å². The Bertz CT molecular complexity index is 920. The van der Waals surface area contributed by atoms with Crippen molar-refractivity contribution in [3.63, 3.8) is 0 Å². The summed E-state index contributed by atoms with van der Waals surface area (Å²) in [5.41, 5.74) is 3.30. The standard InChI is InChI=1S/C22H27N3O4/c1-15-12-19(16(2)25(15)18-9-5-4-6-10-18)21(27)23(3)14-20(26)24-11-7-8-17(13-24)22(28)29/h4-6,9-10,12,17H,7-8,11,13-14H2,1-3H3,(H,28,29). The lowest BCUT2D eigenvalue weighted by molar-refractivity contribution is -0.145. The van der Waals surface area contributed by atoms with E-state index in [-0.39, 0.29) is 24.9 Å². The summed E-state index contributed by atoms with van der Waals surface area (Å²) in [4.78, 5) is 39.8. The maximum Gasteiger partial charge on any atom is 0.308 e. The third-order valence-corrected chi connectivity index (χ3v) is 5.52. The van der Waals surface area contributed by atoms with Crippen molar-refractivity contribution in [2.24, 2.45) is 5.92 Å². The van der Waals surface area contributed by atoms with Crippen LogP contribution in [0.4, 0.5) is 0 Å². The first-order valence-corrected chi connectivity index (χ1v) is 9.80. The number of carboxylic acid groups (broad SMARTS) is 1. The topological polar surface area (TPSA) is 82.8 Å². The Morgan fingerprint density at radius 3 is 2.52 bits per heavy atom. The third kappa shape index (κ3) is 4.34. The van der Waals surface area contributed by atoms with Crippen LogP contribution < -0.4 is 0 Å². The molecule has 2 amide bonds. The van der Waals surface area contributed by atoms with Crippen LogP contribution in [-0.2, 0) is 9.59 Å². The zero-order valence-corrected chi connectivity index (χ0v) is 17.1. The minimum absolute atomic E-state index is 0.0693. The van der Waals surface area contributed by atoms with Crippen molar-refractivity contribution in [3.8, 4) is 5.69 Å². The van der Waals surface area contributed by atoms with Gasteiger partial charge in [-0.25, -0.2) is 0 Å². The molecule has 1 fully saturated rings. The summed E-state index contributed by atoms with van der Waals surface area (Å²) in [5, 5.41) is 9.20. The van der Waals surface area contributed by atoms with Gasteiger partial charge in [-0.3, -0.25) is 14.4 Å².